The van der Waals surface area contributed by atoms with Gasteiger partial charge in [-0.25, -0.2) is 8.42 Å². The highest BCUT2D eigenvalue weighted by Crippen LogP contribution is 2.32. The maximum atomic E-state index is 13.3. The monoisotopic (exact) mass is 473 g/mol. The molecule has 0 aliphatic carbocycles. The van der Waals surface area contributed by atoms with Crippen LogP contribution in [0.2, 0.25) is 0 Å². The van der Waals surface area contributed by atoms with Crippen molar-refractivity contribution in [3.63, 3.8) is 0 Å². The molecule has 0 bridgehead atoms. The van der Waals surface area contributed by atoms with E-state index in [4.69, 9.17) is 9.47 Å². The number of para-hydroxylation sites is 1. The molecule has 1 atom stereocenters. The number of piperidine rings is 1. The molecule has 4 rings (SSSR count). The van der Waals surface area contributed by atoms with Crippen LogP contribution in [0.3, 0.4) is 0 Å². The minimum atomic E-state index is -3.74. The van der Waals surface area contributed by atoms with Crippen LogP contribution in [0, 0.1) is 5.92 Å². The minimum Gasteiger partial charge on any atom is -0.493 e. The quantitative estimate of drug-likeness (QED) is 0.641. The summed E-state index contributed by atoms with van der Waals surface area (Å²) in [6.07, 6.45) is 1.36. The van der Waals surface area contributed by atoms with Gasteiger partial charge in [0, 0.05) is 51.0 Å². The van der Waals surface area contributed by atoms with E-state index in [0.29, 0.717) is 44.0 Å². The number of amides is 1. The van der Waals surface area contributed by atoms with Crippen molar-refractivity contribution in [2.24, 2.45) is 5.92 Å². The first kappa shape index (κ1) is 23.4. The summed E-state index contributed by atoms with van der Waals surface area (Å²) < 4.78 is 38.5. The Morgan fingerprint density at radius 1 is 0.909 bits per heavy atom. The molecule has 0 N–H and O–H groups in total. The first-order chi connectivity index (χ1) is 15.9. The van der Waals surface area contributed by atoms with E-state index in [1.54, 1.807) is 6.07 Å². The van der Waals surface area contributed by atoms with E-state index in [9.17, 15) is 13.2 Å². The highest BCUT2D eigenvalue weighted by Gasteiger charge is 2.36. The third kappa shape index (κ3) is 4.94. The fourth-order valence-electron chi connectivity index (χ4n) is 4.57. The van der Waals surface area contributed by atoms with Crippen LogP contribution < -0.4 is 14.4 Å². The fourth-order valence-corrected chi connectivity index (χ4v) is 6.11. The van der Waals surface area contributed by atoms with Crippen LogP contribution in [0.5, 0.6) is 11.5 Å². The highest BCUT2D eigenvalue weighted by molar-refractivity contribution is 7.89. The van der Waals surface area contributed by atoms with E-state index in [0.717, 1.165) is 18.8 Å². The van der Waals surface area contributed by atoms with E-state index < -0.39 is 10.0 Å². The molecular weight excluding hydrogens is 442 g/mol. The second-order valence-corrected chi connectivity index (χ2v) is 10.3. The molecule has 0 radical (unpaired) electrons. The number of hydrogen-bond acceptors (Lipinski definition) is 6. The van der Waals surface area contributed by atoms with Gasteiger partial charge in [0.1, 0.15) is 0 Å². The maximum Gasteiger partial charge on any atom is 0.243 e. The summed E-state index contributed by atoms with van der Waals surface area (Å²) in [7, 11) is -0.763. The Morgan fingerprint density at radius 2 is 1.61 bits per heavy atom. The number of carbonyl (C=O) groups excluding carboxylic acids is 1. The molecule has 0 aromatic heterocycles. The zero-order chi connectivity index (χ0) is 23.4. The maximum absolute atomic E-state index is 13.3. The molecule has 2 aliphatic heterocycles. The average molecular weight is 474 g/mol. The van der Waals surface area contributed by atoms with Crippen LogP contribution in [-0.2, 0) is 14.8 Å². The van der Waals surface area contributed by atoms with Crippen molar-refractivity contribution >= 4 is 21.6 Å². The van der Waals surface area contributed by atoms with Crippen LogP contribution in [0.1, 0.15) is 12.8 Å². The molecule has 0 unspecified atom stereocenters. The Labute approximate surface area is 195 Å². The van der Waals surface area contributed by atoms with E-state index in [1.807, 2.05) is 23.1 Å². The SMILES string of the molecule is COc1ccc(S(=O)(=O)N2CCC[C@H](C(=O)N3CCN(c4ccccc4)CC3)C2)cc1OC. The van der Waals surface area contributed by atoms with Crippen LogP contribution in [0.25, 0.3) is 0 Å². The van der Waals surface area contributed by atoms with Crippen molar-refractivity contribution < 1.29 is 22.7 Å². The van der Waals surface area contributed by atoms with Gasteiger partial charge in [0.05, 0.1) is 25.0 Å². The minimum absolute atomic E-state index is 0.0509. The number of ether oxygens (including phenoxy) is 2. The molecule has 2 saturated heterocycles. The molecule has 33 heavy (non-hydrogen) atoms. The van der Waals surface area contributed by atoms with Crippen molar-refractivity contribution in [1.29, 1.82) is 0 Å². The van der Waals surface area contributed by atoms with Crippen molar-refractivity contribution in [3.05, 3.63) is 48.5 Å². The number of anilines is 1. The summed E-state index contributed by atoms with van der Waals surface area (Å²) in [6.45, 7) is 3.45. The summed E-state index contributed by atoms with van der Waals surface area (Å²) >= 11 is 0. The van der Waals surface area contributed by atoms with Crippen LogP contribution >= 0.6 is 0 Å². The lowest BCUT2D eigenvalue weighted by Gasteiger charge is -2.39. The second-order valence-electron chi connectivity index (χ2n) is 8.37. The Kier molecular flexibility index (Phi) is 7.09. The average Bonchev–Trinajstić information content (AvgIpc) is 2.88. The van der Waals surface area contributed by atoms with Crippen molar-refractivity contribution in [3.8, 4) is 11.5 Å². The molecule has 9 heteroatoms. The molecule has 2 heterocycles. The van der Waals surface area contributed by atoms with Gasteiger partial charge in [0.2, 0.25) is 15.9 Å². The molecule has 1 amide bonds. The molecule has 0 saturated carbocycles. The number of methoxy groups -OCH3 is 2. The number of carbonyl (C=O) groups is 1. The number of hydrogen-bond donors (Lipinski definition) is 0. The molecule has 2 aromatic carbocycles. The second kappa shape index (κ2) is 10.0. The summed E-state index contributed by atoms with van der Waals surface area (Å²) in [4.78, 5) is 17.5. The van der Waals surface area contributed by atoms with Crippen molar-refractivity contribution in [2.45, 2.75) is 17.7 Å². The van der Waals surface area contributed by atoms with E-state index >= 15 is 0 Å². The lowest BCUT2D eigenvalue weighted by Crippen LogP contribution is -2.53. The lowest BCUT2D eigenvalue weighted by molar-refractivity contribution is -0.137. The zero-order valence-electron chi connectivity index (χ0n) is 19.1. The van der Waals surface area contributed by atoms with E-state index in [2.05, 4.69) is 17.0 Å². The predicted octanol–water partition coefficient (Wildman–Crippen LogP) is 2.45. The largest absolute Gasteiger partial charge is 0.493 e. The fraction of sp³-hybridized carbons (Fsp3) is 0.458. The smallest absolute Gasteiger partial charge is 0.243 e. The van der Waals surface area contributed by atoms with Gasteiger partial charge in [-0.3, -0.25) is 4.79 Å². The summed E-state index contributed by atoms with van der Waals surface area (Å²) in [5.41, 5.74) is 1.16. The third-order valence-corrected chi connectivity index (χ3v) is 8.30. The molecule has 0 spiro atoms. The lowest BCUT2D eigenvalue weighted by atomic mass is 9.97. The van der Waals surface area contributed by atoms with Gasteiger partial charge in [-0.1, -0.05) is 18.2 Å². The standard InChI is InChI=1S/C24H31N3O5S/c1-31-22-11-10-21(17-23(22)32-2)33(29,30)27-12-6-7-19(18-27)24(28)26-15-13-25(14-16-26)20-8-4-3-5-9-20/h3-5,8-11,17,19H,6-7,12-16,18H2,1-2H3/t19-/m0/s1. The van der Waals surface area contributed by atoms with Gasteiger partial charge in [-0.15, -0.1) is 0 Å². The van der Waals surface area contributed by atoms with E-state index in [1.165, 1.54) is 30.7 Å². The predicted molar refractivity (Wildman–Crippen MR) is 126 cm³/mol. The first-order valence-electron chi connectivity index (χ1n) is 11.2. The Bertz CT molecular complexity index is 1070. The third-order valence-electron chi connectivity index (χ3n) is 6.44. The Hall–Kier alpha value is -2.78. The Balaban J connectivity index is 1.41. The molecule has 2 aromatic rings. The van der Waals surface area contributed by atoms with Gasteiger partial charge in [0.15, 0.2) is 11.5 Å². The first-order valence-corrected chi connectivity index (χ1v) is 12.7. The van der Waals surface area contributed by atoms with E-state index in [-0.39, 0.29) is 23.3 Å². The zero-order valence-corrected chi connectivity index (χ0v) is 20.0. The van der Waals surface area contributed by atoms with Gasteiger partial charge in [0.25, 0.3) is 0 Å². The van der Waals surface area contributed by atoms with Gasteiger partial charge in [-0.05, 0) is 37.1 Å². The number of sulfonamides is 1. The van der Waals surface area contributed by atoms with Crippen molar-refractivity contribution in [1.82, 2.24) is 9.21 Å². The number of nitrogens with zero attached hydrogens (tertiary/aromatic N) is 3. The van der Waals surface area contributed by atoms with Gasteiger partial charge >= 0.3 is 0 Å². The Morgan fingerprint density at radius 3 is 2.27 bits per heavy atom. The van der Waals surface area contributed by atoms with Crippen LogP contribution in [-0.4, -0.2) is 77.0 Å². The van der Waals surface area contributed by atoms with Gasteiger partial charge < -0.3 is 19.3 Å². The summed E-state index contributed by atoms with van der Waals surface area (Å²) in [5.74, 6) is 0.559. The molecule has 8 nitrogen and oxygen atoms in total. The number of rotatable bonds is 6. The van der Waals surface area contributed by atoms with Crippen LogP contribution in [0.15, 0.2) is 53.4 Å². The van der Waals surface area contributed by atoms with Crippen molar-refractivity contribution in [2.75, 3.05) is 58.4 Å². The summed E-state index contributed by atoms with van der Waals surface area (Å²) in [5, 5.41) is 0. The molecule has 178 valence electrons. The van der Waals surface area contributed by atoms with Gasteiger partial charge in [-0.2, -0.15) is 4.31 Å². The number of piperazine rings is 1. The molecule has 2 aliphatic rings. The highest BCUT2D eigenvalue weighted by atomic mass is 32.2. The van der Waals surface area contributed by atoms with Crippen LogP contribution in [0.4, 0.5) is 5.69 Å². The topological polar surface area (TPSA) is 79.4 Å². The molecule has 2 fully saturated rings. The number of benzene rings is 2. The molecular formula is C24H31N3O5S. The normalized spacial score (nSPS) is 19.9. The summed E-state index contributed by atoms with van der Waals surface area (Å²) in [6, 6.07) is 14.8.